The third-order valence-electron chi connectivity index (χ3n) is 3.09. The molecule has 4 nitrogen and oxygen atoms in total. The highest BCUT2D eigenvalue weighted by molar-refractivity contribution is 4.91. The first-order valence-corrected chi connectivity index (χ1v) is 5.99. The number of nitrogens with zero attached hydrogens (tertiary/aromatic N) is 3. The van der Waals surface area contributed by atoms with E-state index in [1.807, 2.05) is 4.90 Å². The summed E-state index contributed by atoms with van der Waals surface area (Å²) in [6, 6.07) is 1.33. The summed E-state index contributed by atoms with van der Waals surface area (Å²) >= 11 is 0. The second-order valence-corrected chi connectivity index (χ2v) is 4.44. The number of nitriles is 1. The van der Waals surface area contributed by atoms with Crippen molar-refractivity contribution in [3.8, 4) is 6.07 Å². The molecule has 0 aromatic heterocycles. The Morgan fingerprint density at radius 2 is 1.78 bits per heavy atom. The summed E-state index contributed by atoms with van der Waals surface area (Å²) in [5.41, 5.74) is 0. The SMILES string of the molecule is N#CC(CN1CCCN(CCO)CC1)C(F)(F)F. The molecule has 1 atom stereocenters. The molecule has 0 amide bonds. The zero-order valence-corrected chi connectivity index (χ0v) is 10.2. The molecule has 1 rings (SSSR count). The van der Waals surface area contributed by atoms with Gasteiger partial charge in [-0.15, -0.1) is 0 Å². The molecule has 1 heterocycles. The molecule has 1 aliphatic rings. The maximum atomic E-state index is 12.5. The van der Waals surface area contributed by atoms with Gasteiger partial charge in [0.25, 0.3) is 0 Å². The standard InChI is InChI=1S/C11H18F3N3O/c12-11(13,14)10(8-15)9-17-3-1-2-16(4-5-17)6-7-18/h10,18H,1-7,9H2. The van der Waals surface area contributed by atoms with E-state index in [1.165, 1.54) is 6.07 Å². The van der Waals surface area contributed by atoms with Crippen molar-refractivity contribution in [2.45, 2.75) is 12.6 Å². The second-order valence-electron chi connectivity index (χ2n) is 4.44. The predicted molar refractivity (Wildman–Crippen MR) is 59.7 cm³/mol. The number of aliphatic hydroxyl groups excluding tert-OH is 1. The third-order valence-corrected chi connectivity index (χ3v) is 3.09. The zero-order chi connectivity index (χ0) is 13.6. The van der Waals surface area contributed by atoms with Crippen LogP contribution in [0.15, 0.2) is 0 Å². The Hall–Kier alpha value is -0.840. The van der Waals surface area contributed by atoms with E-state index in [2.05, 4.69) is 0 Å². The van der Waals surface area contributed by atoms with Gasteiger partial charge >= 0.3 is 6.18 Å². The van der Waals surface area contributed by atoms with Crippen LogP contribution in [0, 0.1) is 17.2 Å². The smallest absolute Gasteiger partial charge is 0.395 e. The van der Waals surface area contributed by atoms with E-state index in [0.717, 1.165) is 13.0 Å². The normalized spacial score (nSPS) is 21.3. The van der Waals surface area contributed by atoms with Crippen molar-refractivity contribution in [3.63, 3.8) is 0 Å². The molecule has 0 radical (unpaired) electrons. The van der Waals surface area contributed by atoms with E-state index in [-0.39, 0.29) is 13.2 Å². The number of aliphatic hydroxyl groups is 1. The van der Waals surface area contributed by atoms with Crippen molar-refractivity contribution < 1.29 is 18.3 Å². The Balaban J connectivity index is 2.46. The van der Waals surface area contributed by atoms with Crippen LogP contribution in [0.25, 0.3) is 0 Å². The van der Waals surface area contributed by atoms with Gasteiger partial charge < -0.3 is 10.0 Å². The minimum Gasteiger partial charge on any atom is -0.395 e. The monoisotopic (exact) mass is 265 g/mol. The minimum absolute atomic E-state index is 0.0589. The summed E-state index contributed by atoms with van der Waals surface area (Å²) in [6.07, 6.45) is -3.69. The molecule has 0 saturated carbocycles. The molecule has 1 aliphatic heterocycles. The first kappa shape index (κ1) is 15.2. The Kier molecular flexibility index (Phi) is 5.85. The van der Waals surface area contributed by atoms with Gasteiger partial charge in [0.2, 0.25) is 0 Å². The van der Waals surface area contributed by atoms with Crippen molar-refractivity contribution in [1.82, 2.24) is 9.80 Å². The van der Waals surface area contributed by atoms with Crippen LogP contribution in [-0.2, 0) is 0 Å². The van der Waals surface area contributed by atoms with E-state index >= 15 is 0 Å². The van der Waals surface area contributed by atoms with Crippen LogP contribution in [0.4, 0.5) is 13.2 Å². The average Bonchev–Trinajstić information content (AvgIpc) is 2.50. The fourth-order valence-corrected chi connectivity index (χ4v) is 2.05. The van der Waals surface area contributed by atoms with Crippen molar-refractivity contribution in [2.75, 3.05) is 45.9 Å². The quantitative estimate of drug-likeness (QED) is 0.812. The van der Waals surface area contributed by atoms with Gasteiger partial charge in [-0.05, 0) is 19.5 Å². The van der Waals surface area contributed by atoms with Gasteiger partial charge in [0.1, 0.15) is 0 Å². The number of β-amino-alcohol motifs (C(OH)–C–C–N with tert-alkyl or cyclic N) is 1. The maximum Gasteiger partial charge on any atom is 0.405 e. The Bertz CT molecular complexity index is 290. The van der Waals surface area contributed by atoms with Crippen molar-refractivity contribution in [1.29, 1.82) is 5.26 Å². The van der Waals surface area contributed by atoms with Crippen LogP contribution < -0.4 is 0 Å². The lowest BCUT2D eigenvalue weighted by Crippen LogP contribution is -2.38. The molecule has 0 aromatic carbocycles. The van der Waals surface area contributed by atoms with E-state index in [4.69, 9.17) is 10.4 Å². The molecule has 0 aliphatic carbocycles. The number of halogens is 3. The van der Waals surface area contributed by atoms with Gasteiger partial charge in [0.05, 0.1) is 12.7 Å². The van der Waals surface area contributed by atoms with Gasteiger partial charge in [-0.2, -0.15) is 18.4 Å². The number of rotatable bonds is 4. The molecule has 7 heteroatoms. The highest BCUT2D eigenvalue weighted by Crippen LogP contribution is 2.26. The first-order chi connectivity index (χ1) is 8.47. The van der Waals surface area contributed by atoms with Crippen molar-refractivity contribution in [2.24, 2.45) is 5.92 Å². The fraction of sp³-hybridized carbons (Fsp3) is 0.909. The summed E-state index contributed by atoms with van der Waals surface area (Å²) in [6.45, 7) is 2.84. The summed E-state index contributed by atoms with van der Waals surface area (Å²) in [7, 11) is 0. The largest absolute Gasteiger partial charge is 0.405 e. The average molecular weight is 265 g/mol. The van der Waals surface area contributed by atoms with Crippen molar-refractivity contribution in [3.05, 3.63) is 0 Å². The molecule has 1 saturated heterocycles. The highest BCUT2D eigenvalue weighted by Gasteiger charge is 2.40. The van der Waals surface area contributed by atoms with Crippen molar-refractivity contribution >= 4 is 0 Å². The zero-order valence-electron chi connectivity index (χ0n) is 10.2. The number of hydrogen-bond donors (Lipinski definition) is 1. The first-order valence-electron chi connectivity index (χ1n) is 5.99. The van der Waals surface area contributed by atoms with Gasteiger partial charge in [-0.25, -0.2) is 0 Å². The van der Waals surface area contributed by atoms with E-state index in [9.17, 15) is 13.2 Å². The van der Waals surface area contributed by atoms with Crippen LogP contribution in [0.1, 0.15) is 6.42 Å². The Morgan fingerprint density at radius 1 is 1.17 bits per heavy atom. The van der Waals surface area contributed by atoms with Crippen LogP contribution in [-0.4, -0.2) is 67.0 Å². The summed E-state index contributed by atoms with van der Waals surface area (Å²) in [5.74, 6) is -1.91. The molecular weight excluding hydrogens is 247 g/mol. The van der Waals surface area contributed by atoms with Gasteiger partial charge in [-0.1, -0.05) is 0 Å². The van der Waals surface area contributed by atoms with Gasteiger partial charge in [0.15, 0.2) is 5.92 Å². The fourth-order valence-electron chi connectivity index (χ4n) is 2.05. The summed E-state index contributed by atoms with van der Waals surface area (Å²) < 4.78 is 37.4. The topological polar surface area (TPSA) is 50.5 Å². The van der Waals surface area contributed by atoms with E-state index in [0.29, 0.717) is 26.2 Å². The second kappa shape index (κ2) is 6.92. The molecule has 1 unspecified atom stereocenters. The van der Waals surface area contributed by atoms with E-state index < -0.39 is 12.1 Å². The minimum atomic E-state index is -4.45. The summed E-state index contributed by atoms with van der Waals surface area (Å²) in [5, 5.41) is 17.4. The molecule has 1 fully saturated rings. The van der Waals surface area contributed by atoms with Crippen LogP contribution in [0.2, 0.25) is 0 Å². The summed E-state index contributed by atoms with van der Waals surface area (Å²) in [4.78, 5) is 3.70. The Morgan fingerprint density at radius 3 is 2.33 bits per heavy atom. The molecular formula is C11H18F3N3O. The lowest BCUT2D eigenvalue weighted by atomic mass is 10.1. The van der Waals surface area contributed by atoms with Crippen LogP contribution in [0.3, 0.4) is 0 Å². The molecule has 18 heavy (non-hydrogen) atoms. The van der Waals surface area contributed by atoms with Gasteiger partial charge in [-0.3, -0.25) is 4.90 Å². The van der Waals surface area contributed by atoms with Gasteiger partial charge in [0, 0.05) is 26.2 Å². The maximum absolute atomic E-state index is 12.5. The molecule has 0 spiro atoms. The lowest BCUT2D eigenvalue weighted by Gasteiger charge is -2.24. The third kappa shape index (κ3) is 4.80. The molecule has 104 valence electrons. The molecule has 0 bridgehead atoms. The highest BCUT2D eigenvalue weighted by atomic mass is 19.4. The Labute approximate surface area is 105 Å². The van der Waals surface area contributed by atoms with Crippen LogP contribution >= 0.6 is 0 Å². The number of hydrogen-bond acceptors (Lipinski definition) is 4. The van der Waals surface area contributed by atoms with E-state index in [1.54, 1.807) is 4.90 Å². The lowest BCUT2D eigenvalue weighted by molar-refractivity contribution is -0.163. The predicted octanol–water partition coefficient (Wildman–Crippen LogP) is 0.688. The molecule has 0 aromatic rings. The number of alkyl halides is 3. The molecule has 1 N–H and O–H groups in total. The van der Waals surface area contributed by atoms with Crippen LogP contribution in [0.5, 0.6) is 0 Å².